The number of hydrogen-bond donors (Lipinski definition) is 1. The first-order valence-electron chi connectivity index (χ1n) is 11.5. The highest BCUT2D eigenvalue weighted by Gasteiger charge is 2.35. The van der Waals surface area contributed by atoms with Crippen molar-refractivity contribution in [2.75, 3.05) is 33.3 Å². The summed E-state index contributed by atoms with van der Waals surface area (Å²) in [7, 11) is 1.63. The molecule has 2 atom stereocenters. The van der Waals surface area contributed by atoms with Crippen molar-refractivity contribution in [3.63, 3.8) is 0 Å². The van der Waals surface area contributed by atoms with E-state index in [2.05, 4.69) is 41.4 Å². The smallest absolute Gasteiger partial charge is 0.225 e. The molecule has 0 spiro atoms. The molecule has 6 heteroatoms. The number of nitrogens with one attached hydrogen (secondary N) is 1. The second kappa shape index (κ2) is 10.2. The number of carbonyl (C=O) groups excluding carboxylic acids is 2. The van der Waals surface area contributed by atoms with Crippen LogP contribution in [0.15, 0.2) is 48.5 Å². The fourth-order valence-electron chi connectivity index (χ4n) is 4.69. The van der Waals surface area contributed by atoms with E-state index in [9.17, 15) is 9.59 Å². The van der Waals surface area contributed by atoms with E-state index in [1.807, 2.05) is 24.3 Å². The van der Waals surface area contributed by atoms with Crippen molar-refractivity contribution in [3.8, 4) is 5.75 Å². The highest BCUT2D eigenvalue weighted by atomic mass is 16.5. The van der Waals surface area contributed by atoms with Crippen LogP contribution < -0.4 is 10.1 Å². The number of methoxy groups -OCH3 is 1. The fraction of sp³-hybridized carbons (Fsp3) is 0.462. The lowest BCUT2D eigenvalue weighted by atomic mass is 10.0. The summed E-state index contributed by atoms with van der Waals surface area (Å²) in [5.74, 6) is 0.514. The second-order valence-electron chi connectivity index (χ2n) is 8.94. The Labute approximate surface area is 190 Å². The Kier molecular flexibility index (Phi) is 7.10. The first-order chi connectivity index (χ1) is 15.5. The van der Waals surface area contributed by atoms with Crippen LogP contribution in [0, 0.1) is 12.8 Å². The van der Waals surface area contributed by atoms with Crippen molar-refractivity contribution in [1.82, 2.24) is 15.1 Å². The second-order valence-corrected chi connectivity index (χ2v) is 8.94. The van der Waals surface area contributed by atoms with Crippen LogP contribution in [0.2, 0.25) is 0 Å². The molecule has 0 bridgehead atoms. The molecule has 2 saturated heterocycles. The van der Waals surface area contributed by atoms with Crippen molar-refractivity contribution < 1.29 is 14.3 Å². The lowest BCUT2D eigenvalue weighted by molar-refractivity contribution is -0.129. The maximum Gasteiger partial charge on any atom is 0.225 e. The normalized spacial score (nSPS) is 19.9. The number of carbonyl (C=O) groups is 2. The third kappa shape index (κ3) is 5.30. The standard InChI is InChI=1S/C26H33N3O3/c1-19-5-9-21(10-6-19)24(28-13-3-4-14-28)16-27-26(31)22-15-25(30)29(18-22)17-20-7-11-23(32-2)12-8-20/h5-12,22,24H,3-4,13-18H2,1-2H3,(H,27,31). The predicted molar refractivity (Wildman–Crippen MR) is 124 cm³/mol. The quantitative estimate of drug-likeness (QED) is 0.691. The van der Waals surface area contributed by atoms with E-state index < -0.39 is 0 Å². The van der Waals surface area contributed by atoms with Gasteiger partial charge in [-0.3, -0.25) is 14.5 Å². The number of benzene rings is 2. The third-order valence-electron chi connectivity index (χ3n) is 6.63. The molecule has 2 aliphatic heterocycles. The van der Waals surface area contributed by atoms with Crippen molar-refractivity contribution in [3.05, 3.63) is 65.2 Å². The average molecular weight is 436 g/mol. The topological polar surface area (TPSA) is 61.9 Å². The van der Waals surface area contributed by atoms with E-state index >= 15 is 0 Å². The number of rotatable bonds is 8. The molecule has 0 aromatic heterocycles. The molecule has 0 saturated carbocycles. The Bertz CT molecular complexity index is 920. The van der Waals surface area contributed by atoms with Gasteiger partial charge in [-0.15, -0.1) is 0 Å². The van der Waals surface area contributed by atoms with Gasteiger partial charge < -0.3 is 15.0 Å². The van der Waals surface area contributed by atoms with Gasteiger partial charge in [-0.2, -0.15) is 0 Å². The van der Waals surface area contributed by atoms with Crippen LogP contribution in [-0.2, 0) is 16.1 Å². The first-order valence-corrected chi connectivity index (χ1v) is 11.5. The van der Waals surface area contributed by atoms with E-state index in [1.54, 1.807) is 12.0 Å². The molecular weight excluding hydrogens is 402 g/mol. The molecule has 1 N–H and O–H groups in total. The SMILES string of the molecule is COc1ccc(CN2CC(C(=O)NCC(c3ccc(C)cc3)N3CCCC3)CC2=O)cc1. The minimum atomic E-state index is -0.294. The molecule has 4 rings (SSSR count). The highest BCUT2D eigenvalue weighted by Crippen LogP contribution is 2.26. The zero-order valence-corrected chi connectivity index (χ0v) is 19.0. The van der Waals surface area contributed by atoms with Crippen LogP contribution >= 0.6 is 0 Å². The number of nitrogens with zero attached hydrogens (tertiary/aromatic N) is 2. The lowest BCUT2D eigenvalue weighted by Gasteiger charge is -2.28. The number of aryl methyl sites for hydroxylation is 1. The maximum absolute atomic E-state index is 13.0. The Balaban J connectivity index is 1.35. The fourth-order valence-corrected chi connectivity index (χ4v) is 4.69. The highest BCUT2D eigenvalue weighted by molar-refractivity contribution is 5.89. The largest absolute Gasteiger partial charge is 0.497 e. The summed E-state index contributed by atoms with van der Waals surface area (Å²) in [6.45, 7) is 5.77. The molecule has 6 nitrogen and oxygen atoms in total. The molecule has 0 aliphatic carbocycles. The first kappa shape index (κ1) is 22.3. The lowest BCUT2D eigenvalue weighted by Crippen LogP contribution is -2.39. The molecule has 170 valence electrons. The van der Waals surface area contributed by atoms with E-state index in [4.69, 9.17) is 4.74 Å². The molecule has 32 heavy (non-hydrogen) atoms. The predicted octanol–water partition coefficient (Wildman–Crippen LogP) is 3.31. The van der Waals surface area contributed by atoms with Gasteiger partial charge in [0.1, 0.15) is 5.75 Å². The van der Waals surface area contributed by atoms with Crippen LogP contribution in [0.4, 0.5) is 0 Å². The number of likely N-dealkylation sites (tertiary alicyclic amines) is 2. The number of ether oxygens (including phenoxy) is 1. The van der Waals surface area contributed by atoms with Crippen molar-refractivity contribution in [1.29, 1.82) is 0 Å². The summed E-state index contributed by atoms with van der Waals surface area (Å²) in [6, 6.07) is 16.5. The van der Waals surface area contributed by atoms with Gasteiger partial charge in [-0.1, -0.05) is 42.0 Å². The maximum atomic E-state index is 13.0. The Morgan fingerprint density at radius 1 is 1.09 bits per heavy atom. The van der Waals surface area contributed by atoms with Crippen LogP contribution in [0.3, 0.4) is 0 Å². The van der Waals surface area contributed by atoms with E-state index in [0.717, 1.165) is 24.4 Å². The molecule has 2 heterocycles. The summed E-state index contributed by atoms with van der Waals surface area (Å²) in [6.07, 6.45) is 2.68. The number of amides is 2. The Morgan fingerprint density at radius 3 is 2.44 bits per heavy atom. The molecule has 2 amide bonds. The van der Waals surface area contributed by atoms with Crippen molar-refractivity contribution in [2.45, 2.75) is 38.8 Å². The molecule has 2 aliphatic rings. The van der Waals surface area contributed by atoms with Gasteiger partial charge in [-0.05, 0) is 56.1 Å². The molecular formula is C26H33N3O3. The third-order valence-corrected chi connectivity index (χ3v) is 6.63. The van der Waals surface area contributed by atoms with Gasteiger partial charge in [0, 0.05) is 26.1 Å². The van der Waals surface area contributed by atoms with E-state index in [0.29, 0.717) is 19.6 Å². The van der Waals surface area contributed by atoms with Crippen LogP contribution in [-0.4, -0.2) is 54.9 Å². The summed E-state index contributed by atoms with van der Waals surface area (Å²) in [4.78, 5) is 29.7. The minimum Gasteiger partial charge on any atom is -0.497 e. The molecule has 2 aromatic carbocycles. The Morgan fingerprint density at radius 2 is 1.78 bits per heavy atom. The van der Waals surface area contributed by atoms with Gasteiger partial charge in [-0.25, -0.2) is 0 Å². The summed E-state index contributed by atoms with van der Waals surface area (Å²) in [5.41, 5.74) is 3.51. The molecule has 0 radical (unpaired) electrons. The van der Waals surface area contributed by atoms with Gasteiger partial charge in [0.15, 0.2) is 0 Å². The monoisotopic (exact) mass is 435 g/mol. The van der Waals surface area contributed by atoms with Crippen LogP contribution in [0.25, 0.3) is 0 Å². The van der Waals surface area contributed by atoms with Gasteiger partial charge in [0.05, 0.1) is 19.1 Å². The van der Waals surface area contributed by atoms with Crippen LogP contribution in [0.1, 0.15) is 42.0 Å². The average Bonchev–Trinajstić information content (AvgIpc) is 3.46. The summed E-state index contributed by atoms with van der Waals surface area (Å²) < 4.78 is 5.19. The Hall–Kier alpha value is -2.86. The van der Waals surface area contributed by atoms with Crippen molar-refractivity contribution >= 4 is 11.8 Å². The number of hydrogen-bond acceptors (Lipinski definition) is 4. The van der Waals surface area contributed by atoms with Gasteiger partial charge in [0.25, 0.3) is 0 Å². The van der Waals surface area contributed by atoms with Gasteiger partial charge >= 0.3 is 0 Å². The molecule has 2 aromatic rings. The summed E-state index contributed by atoms with van der Waals surface area (Å²) in [5, 5.41) is 3.16. The van der Waals surface area contributed by atoms with E-state index in [1.165, 1.54) is 24.0 Å². The molecule has 2 fully saturated rings. The zero-order chi connectivity index (χ0) is 22.5. The van der Waals surface area contributed by atoms with E-state index in [-0.39, 0.29) is 30.2 Å². The zero-order valence-electron chi connectivity index (χ0n) is 19.0. The van der Waals surface area contributed by atoms with Crippen LogP contribution in [0.5, 0.6) is 5.75 Å². The van der Waals surface area contributed by atoms with Crippen molar-refractivity contribution in [2.24, 2.45) is 5.92 Å². The summed E-state index contributed by atoms with van der Waals surface area (Å²) >= 11 is 0. The minimum absolute atomic E-state index is 0.0214. The molecule has 2 unspecified atom stereocenters. The van der Waals surface area contributed by atoms with Gasteiger partial charge in [0.2, 0.25) is 11.8 Å².